The Morgan fingerprint density at radius 1 is 0.353 bits per heavy atom. The maximum atomic E-state index is 3.72. The van der Waals surface area contributed by atoms with Crippen LogP contribution in [0.25, 0.3) is 0 Å². The number of nitrogens with one attached hydrogen (secondary N) is 4. The molecule has 0 aromatic heterocycles. The van der Waals surface area contributed by atoms with Crippen LogP contribution in [0, 0.1) is 0 Å². The van der Waals surface area contributed by atoms with Crippen LogP contribution in [0.4, 0.5) is 22.7 Å². The molecule has 0 aliphatic carbocycles. The molecule has 4 aromatic carbocycles. The number of benzene rings is 4. The van der Waals surface area contributed by atoms with E-state index in [-0.39, 0.29) is 12.4 Å². The minimum Gasteiger partial charge on any atom is -1.00 e. The molecule has 0 aliphatic heterocycles. The van der Waals surface area contributed by atoms with Gasteiger partial charge in [0.15, 0.2) is 0 Å². The summed E-state index contributed by atoms with van der Waals surface area (Å²) in [4.78, 5) is 0. The molecule has 0 amide bonds. The van der Waals surface area contributed by atoms with Crippen molar-refractivity contribution in [1.29, 1.82) is 0 Å². The Morgan fingerprint density at radius 3 is 0.765 bits per heavy atom. The Morgan fingerprint density at radius 2 is 0.559 bits per heavy atom. The fourth-order valence-electron chi connectivity index (χ4n) is 3.60. The minimum atomic E-state index is -1.60. The van der Waals surface area contributed by atoms with Crippen LogP contribution in [-0.4, -0.2) is 25.1 Å². The van der Waals surface area contributed by atoms with Crippen LogP contribution in [0.1, 0.15) is 0 Å². The third-order valence-electron chi connectivity index (χ3n) is 5.57. The highest BCUT2D eigenvalue weighted by Gasteiger charge is 2.37. The van der Waals surface area contributed by atoms with E-state index in [0.29, 0.717) is 0 Å². The molecule has 4 rings (SSSR count). The van der Waals surface area contributed by atoms with Crippen LogP contribution < -0.4 is 33.7 Å². The molecule has 0 aliphatic rings. The van der Waals surface area contributed by atoms with Crippen molar-refractivity contribution >= 4 is 30.0 Å². The SMILES string of the molecule is [Cl-].c1ccc(NC[P+](CNc2ccccc2)(CNc2ccccc2)CNc2ccccc2)cc1. The van der Waals surface area contributed by atoms with Gasteiger partial charge in [-0.25, -0.2) is 0 Å². The quantitative estimate of drug-likeness (QED) is 0.224. The van der Waals surface area contributed by atoms with Gasteiger partial charge in [-0.2, -0.15) is 0 Å². The summed E-state index contributed by atoms with van der Waals surface area (Å²) in [5, 5.41) is 14.9. The van der Waals surface area contributed by atoms with Gasteiger partial charge in [0.25, 0.3) is 0 Å². The standard InChI is InChI=1S/C28H32N4P.ClH/c1-5-13-25(14-6-1)29-21-33(22-30-26-15-7-2-8-16-26,23-31-27-17-9-3-10-18-27)24-32-28-19-11-4-12-20-28;/h1-20,29-32H,21-24H2;1H/q+1;/p-1. The fourth-order valence-corrected chi connectivity index (χ4v) is 6.34. The lowest BCUT2D eigenvalue weighted by Gasteiger charge is -2.29. The van der Waals surface area contributed by atoms with Gasteiger partial charge in [0.2, 0.25) is 0 Å². The Bertz CT molecular complexity index is 887. The lowest BCUT2D eigenvalue weighted by atomic mass is 10.3. The van der Waals surface area contributed by atoms with Crippen LogP contribution >= 0.6 is 7.26 Å². The summed E-state index contributed by atoms with van der Waals surface area (Å²) < 4.78 is 0. The van der Waals surface area contributed by atoms with Crippen LogP contribution in [0.3, 0.4) is 0 Å². The maximum Gasteiger partial charge on any atom is 0.133 e. The Kier molecular flexibility index (Phi) is 10.1. The molecule has 0 bridgehead atoms. The molecule has 0 spiro atoms. The van der Waals surface area contributed by atoms with Gasteiger partial charge < -0.3 is 33.7 Å². The third kappa shape index (κ3) is 7.98. The van der Waals surface area contributed by atoms with Crippen LogP contribution in [-0.2, 0) is 0 Å². The number of para-hydroxylation sites is 4. The molecule has 176 valence electrons. The second-order valence-electron chi connectivity index (χ2n) is 8.15. The second kappa shape index (κ2) is 13.5. The zero-order valence-electron chi connectivity index (χ0n) is 19.2. The monoisotopic (exact) mass is 490 g/mol. The van der Waals surface area contributed by atoms with Gasteiger partial charge in [-0.1, -0.05) is 72.8 Å². The highest BCUT2D eigenvalue weighted by molar-refractivity contribution is 7.76. The molecular formula is C28H32ClN4P. The third-order valence-corrected chi connectivity index (χ3v) is 8.89. The van der Waals surface area contributed by atoms with Crippen LogP contribution in [0.15, 0.2) is 121 Å². The van der Waals surface area contributed by atoms with Crippen molar-refractivity contribution in [3.05, 3.63) is 121 Å². The van der Waals surface area contributed by atoms with Crippen molar-refractivity contribution in [2.24, 2.45) is 0 Å². The molecule has 0 fully saturated rings. The number of rotatable bonds is 12. The van der Waals surface area contributed by atoms with Gasteiger partial charge in [-0.3, -0.25) is 0 Å². The molecular weight excluding hydrogens is 459 g/mol. The first kappa shape index (κ1) is 25.4. The largest absolute Gasteiger partial charge is 1.00 e. The van der Waals surface area contributed by atoms with Gasteiger partial charge in [-0.15, -0.1) is 0 Å². The molecule has 34 heavy (non-hydrogen) atoms. The van der Waals surface area contributed by atoms with E-state index < -0.39 is 7.26 Å². The maximum absolute atomic E-state index is 3.72. The minimum absolute atomic E-state index is 0. The van der Waals surface area contributed by atoms with Gasteiger partial charge in [0.05, 0.1) is 7.26 Å². The summed E-state index contributed by atoms with van der Waals surface area (Å²) >= 11 is 0. The van der Waals surface area contributed by atoms with E-state index in [0.717, 1.165) is 47.9 Å². The zero-order valence-corrected chi connectivity index (χ0v) is 20.9. The topological polar surface area (TPSA) is 48.1 Å². The van der Waals surface area contributed by atoms with Gasteiger partial charge >= 0.3 is 0 Å². The van der Waals surface area contributed by atoms with Crippen molar-refractivity contribution in [2.45, 2.75) is 0 Å². The molecule has 4 nitrogen and oxygen atoms in total. The van der Waals surface area contributed by atoms with E-state index in [1.54, 1.807) is 0 Å². The molecule has 0 atom stereocenters. The highest BCUT2D eigenvalue weighted by Crippen LogP contribution is 2.57. The average Bonchev–Trinajstić information content (AvgIpc) is 2.90. The van der Waals surface area contributed by atoms with E-state index in [1.165, 1.54) is 0 Å². The Hall–Kier alpha value is -3.20. The van der Waals surface area contributed by atoms with Crippen molar-refractivity contribution in [3.8, 4) is 0 Å². The smallest absolute Gasteiger partial charge is 0.133 e. The summed E-state index contributed by atoms with van der Waals surface area (Å²) in [6, 6.07) is 41.9. The predicted octanol–water partition coefficient (Wildman–Crippen LogP) is 4.29. The van der Waals surface area contributed by atoms with E-state index in [4.69, 9.17) is 0 Å². The molecule has 0 unspecified atom stereocenters. The molecule has 0 saturated heterocycles. The van der Waals surface area contributed by atoms with E-state index in [2.05, 4.69) is 143 Å². The highest BCUT2D eigenvalue weighted by atomic mass is 35.5. The predicted molar refractivity (Wildman–Crippen MR) is 147 cm³/mol. The van der Waals surface area contributed by atoms with E-state index >= 15 is 0 Å². The summed E-state index contributed by atoms with van der Waals surface area (Å²) in [5.41, 5.74) is 4.61. The first-order chi connectivity index (χ1) is 16.3. The van der Waals surface area contributed by atoms with Gasteiger partial charge in [0, 0.05) is 22.7 Å². The Labute approximate surface area is 209 Å². The van der Waals surface area contributed by atoms with Gasteiger partial charge in [-0.05, 0) is 48.5 Å². The molecule has 0 saturated carbocycles. The molecule has 6 heteroatoms. The average molecular weight is 491 g/mol. The summed E-state index contributed by atoms with van der Waals surface area (Å²) in [6.07, 6.45) is 3.65. The summed E-state index contributed by atoms with van der Waals surface area (Å²) in [5.74, 6) is 0. The van der Waals surface area contributed by atoms with E-state index in [9.17, 15) is 0 Å². The number of hydrogen-bond donors (Lipinski definition) is 4. The Balaban J connectivity index is 0.00000324. The molecule has 0 heterocycles. The van der Waals surface area contributed by atoms with E-state index in [1.807, 2.05) is 0 Å². The molecule has 4 N–H and O–H groups in total. The number of halogens is 1. The molecule has 4 aromatic rings. The fraction of sp³-hybridized carbons (Fsp3) is 0.143. The van der Waals surface area contributed by atoms with Crippen molar-refractivity contribution in [3.63, 3.8) is 0 Å². The number of hydrogen-bond acceptors (Lipinski definition) is 4. The first-order valence-corrected chi connectivity index (χ1v) is 13.9. The van der Waals surface area contributed by atoms with Crippen LogP contribution in [0.5, 0.6) is 0 Å². The first-order valence-electron chi connectivity index (χ1n) is 11.3. The summed E-state index contributed by atoms with van der Waals surface area (Å²) in [6.45, 7) is 0. The van der Waals surface area contributed by atoms with Gasteiger partial charge in [0.1, 0.15) is 25.1 Å². The van der Waals surface area contributed by atoms with Crippen molar-refractivity contribution in [2.75, 3.05) is 46.4 Å². The second-order valence-corrected chi connectivity index (χ2v) is 12.1. The zero-order chi connectivity index (χ0) is 22.6. The lowest BCUT2D eigenvalue weighted by Crippen LogP contribution is -3.00. The van der Waals surface area contributed by atoms with Crippen LogP contribution in [0.2, 0.25) is 0 Å². The lowest BCUT2D eigenvalue weighted by molar-refractivity contribution is -0.00000653. The number of anilines is 4. The van der Waals surface area contributed by atoms with Crippen molar-refractivity contribution in [1.82, 2.24) is 0 Å². The van der Waals surface area contributed by atoms with Crippen molar-refractivity contribution < 1.29 is 12.4 Å². The summed E-state index contributed by atoms with van der Waals surface area (Å²) in [7, 11) is -1.60. The normalized spacial score (nSPS) is 10.6. The molecule has 0 radical (unpaired) electrons.